The van der Waals surface area contributed by atoms with Gasteiger partial charge in [-0.15, -0.1) is 0 Å². The van der Waals surface area contributed by atoms with Crippen LogP contribution < -0.4 is 11.1 Å². The number of amides is 1. The molecule has 2 aromatic rings. The highest BCUT2D eigenvalue weighted by Crippen LogP contribution is 2.24. The Balaban J connectivity index is 2.10. The van der Waals surface area contributed by atoms with E-state index < -0.39 is 30.7 Å². The van der Waals surface area contributed by atoms with Crippen LogP contribution in [0, 0.1) is 0 Å². The molecular weight excluding hydrogens is 351 g/mol. The van der Waals surface area contributed by atoms with Crippen molar-refractivity contribution >= 4 is 19.0 Å². The zero-order chi connectivity index (χ0) is 20.0. The van der Waals surface area contributed by atoms with E-state index in [1.807, 2.05) is 6.07 Å². The summed E-state index contributed by atoms with van der Waals surface area (Å²) in [5.74, 6) is -3.35. The van der Waals surface area contributed by atoms with Crippen LogP contribution in [0.4, 0.5) is 0 Å². The Morgan fingerprint density at radius 3 is 2.41 bits per heavy atom. The van der Waals surface area contributed by atoms with Gasteiger partial charge in [0.05, 0.1) is 12.4 Å². The van der Waals surface area contributed by atoms with Crippen LogP contribution >= 0.6 is 0 Å². The van der Waals surface area contributed by atoms with Gasteiger partial charge in [0.2, 0.25) is 5.91 Å². The third-order valence-electron chi connectivity index (χ3n) is 4.09. The summed E-state index contributed by atoms with van der Waals surface area (Å²) in [6, 6.07) is 11.3. The zero-order valence-electron chi connectivity index (χ0n) is 14.5. The second-order valence-electron chi connectivity index (χ2n) is 6.11. The summed E-state index contributed by atoms with van der Waals surface area (Å²) in [4.78, 5) is 23.3. The predicted molar refractivity (Wildman–Crippen MR) is 98.9 cm³/mol. The maximum atomic E-state index is 12.3. The van der Waals surface area contributed by atoms with Crippen LogP contribution in [0.15, 0.2) is 42.5 Å². The van der Waals surface area contributed by atoms with Crippen LogP contribution in [-0.2, 0) is 24.2 Å². The number of hydrogen-bond acceptors (Lipinski definition) is 6. The fraction of sp³-hybridized carbons (Fsp3) is 0.222. The summed E-state index contributed by atoms with van der Waals surface area (Å²) in [6.07, 6.45) is -0.141. The van der Waals surface area contributed by atoms with Crippen molar-refractivity contribution in [3.8, 4) is 5.75 Å². The van der Waals surface area contributed by atoms with Gasteiger partial charge in [0.15, 0.2) is 0 Å². The van der Waals surface area contributed by atoms with E-state index in [-0.39, 0.29) is 24.0 Å². The molecule has 0 heterocycles. The number of hydrogen-bond donors (Lipinski definition) is 6. The van der Waals surface area contributed by atoms with Gasteiger partial charge in [0, 0.05) is 6.54 Å². The van der Waals surface area contributed by atoms with E-state index in [4.69, 9.17) is 10.8 Å². The molecule has 2 aromatic carbocycles. The smallest absolute Gasteiger partial charge is 0.475 e. The number of aromatic hydroxyl groups is 1. The molecule has 1 amide bonds. The lowest BCUT2D eigenvalue weighted by atomic mass is 9.75. The Morgan fingerprint density at radius 2 is 1.78 bits per heavy atom. The van der Waals surface area contributed by atoms with E-state index in [9.17, 15) is 24.7 Å². The van der Waals surface area contributed by atoms with Crippen molar-refractivity contribution in [3.05, 3.63) is 64.7 Å². The third-order valence-corrected chi connectivity index (χ3v) is 4.09. The molecule has 0 saturated heterocycles. The number of carboxylic acids is 1. The number of para-hydroxylation sites is 1. The second kappa shape index (κ2) is 9.18. The van der Waals surface area contributed by atoms with Crippen molar-refractivity contribution in [2.24, 2.45) is 5.73 Å². The van der Waals surface area contributed by atoms with E-state index in [0.29, 0.717) is 6.54 Å². The average molecular weight is 372 g/mol. The largest absolute Gasteiger partial charge is 0.507 e. The molecule has 27 heavy (non-hydrogen) atoms. The number of carboxylic acid groups (broad SMARTS) is 1. The van der Waals surface area contributed by atoms with Crippen LogP contribution in [-0.4, -0.2) is 45.2 Å². The highest BCUT2D eigenvalue weighted by atomic mass is 16.4. The Morgan fingerprint density at radius 1 is 1.11 bits per heavy atom. The third kappa shape index (κ3) is 5.55. The number of aromatic carboxylic acids is 1. The van der Waals surface area contributed by atoms with Crippen LogP contribution in [0.25, 0.3) is 0 Å². The first-order chi connectivity index (χ1) is 12.8. The normalized spacial score (nSPS) is 11.7. The summed E-state index contributed by atoms with van der Waals surface area (Å²) >= 11 is 0. The lowest BCUT2D eigenvalue weighted by Gasteiger charge is -2.19. The van der Waals surface area contributed by atoms with E-state index >= 15 is 0 Å². The first-order valence-electron chi connectivity index (χ1n) is 8.29. The molecule has 0 aliphatic heterocycles. The Bertz CT molecular complexity index is 827. The van der Waals surface area contributed by atoms with E-state index in [2.05, 4.69) is 5.32 Å². The number of benzene rings is 2. The minimum Gasteiger partial charge on any atom is -0.507 e. The molecule has 9 heteroatoms. The summed E-state index contributed by atoms with van der Waals surface area (Å²) in [5, 5.41) is 40.7. The fourth-order valence-corrected chi connectivity index (χ4v) is 2.71. The number of rotatable bonds is 8. The monoisotopic (exact) mass is 372 g/mol. The van der Waals surface area contributed by atoms with E-state index in [0.717, 1.165) is 11.1 Å². The molecular formula is C18H21BN2O6. The molecule has 0 aromatic heterocycles. The summed E-state index contributed by atoms with van der Waals surface area (Å²) in [5.41, 5.74) is 7.04. The maximum Gasteiger partial charge on any atom is 0.475 e. The quantitative estimate of drug-likeness (QED) is 0.352. The molecule has 0 bridgehead atoms. The van der Waals surface area contributed by atoms with E-state index in [1.54, 1.807) is 18.2 Å². The molecule has 8 nitrogen and oxygen atoms in total. The lowest BCUT2D eigenvalue weighted by molar-refractivity contribution is -0.120. The number of phenols is 1. The van der Waals surface area contributed by atoms with Gasteiger partial charge < -0.3 is 31.3 Å². The van der Waals surface area contributed by atoms with Gasteiger partial charge in [-0.05, 0) is 29.2 Å². The zero-order valence-corrected chi connectivity index (χ0v) is 14.5. The number of nitrogens with one attached hydrogen (secondary N) is 1. The van der Waals surface area contributed by atoms with Gasteiger partial charge in [-0.3, -0.25) is 4.79 Å². The number of nitrogens with two attached hydrogens (primary N) is 1. The van der Waals surface area contributed by atoms with Crippen LogP contribution in [0.2, 0.25) is 0 Å². The van der Waals surface area contributed by atoms with Crippen molar-refractivity contribution in [1.29, 1.82) is 0 Å². The highest BCUT2D eigenvalue weighted by molar-refractivity contribution is 6.43. The van der Waals surface area contributed by atoms with Gasteiger partial charge in [-0.1, -0.05) is 36.4 Å². The first-order valence-corrected chi connectivity index (χ1v) is 8.29. The van der Waals surface area contributed by atoms with Crippen molar-refractivity contribution in [2.75, 3.05) is 0 Å². The molecule has 0 aliphatic rings. The van der Waals surface area contributed by atoms with Crippen LogP contribution in [0.3, 0.4) is 0 Å². The Labute approximate surface area is 156 Å². The van der Waals surface area contributed by atoms with Crippen LogP contribution in [0.1, 0.15) is 27.0 Å². The van der Waals surface area contributed by atoms with E-state index in [1.165, 1.54) is 18.2 Å². The standard InChI is InChI=1S/C18H21BN2O6/c20-10-12-4-1-3-11(7-12)8-16(22)21-15(19(26)27)9-13-5-2-6-14(17(13)23)18(24)25/h1-7,15,23,26-27H,8-10,20H2,(H,21,22)(H,24,25)/t15-/m0/s1. The molecule has 0 spiro atoms. The molecule has 7 N–H and O–H groups in total. The number of carbonyl (C=O) groups excluding carboxylic acids is 1. The molecule has 2 rings (SSSR count). The number of carbonyl (C=O) groups is 2. The van der Waals surface area contributed by atoms with Gasteiger partial charge in [0.25, 0.3) is 0 Å². The van der Waals surface area contributed by atoms with Gasteiger partial charge in [0.1, 0.15) is 11.3 Å². The van der Waals surface area contributed by atoms with Crippen molar-refractivity contribution in [2.45, 2.75) is 25.3 Å². The summed E-state index contributed by atoms with van der Waals surface area (Å²) < 4.78 is 0. The van der Waals surface area contributed by atoms with Crippen molar-refractivity contribution in [1.82, 2.24) is 5.32 Å². The fourth-order valence-electron chi connectivity index (χ4n) is 2.71. The topological polar surface area (TPSA) is 153 Å². The molecule has 1 atom stereocenters. The molecule has 0 fully saturated rings. The van der Waals surface area contributed by atoms with Crippen molar-refractivity contribution in [3.63, 3.8) is 0 Å². The van der Waals surface area contributed by atoms with Crippen LogP contribution in [0.5, 0.6) is 5.75 Å². The van der Waals surface area contributed by atoms with Gasteiger partial charge in [-0.2, -0.15) is 0 Å². The van der Waals surface area contributed by atoms with Gasteiger partial charge >= 0.3 is 13.1 Å². The average Bonchev–Trinajstić information content (AvgIpc) is 2.62. The molecule has 0 radical (unpaired) electrons. The minimum atomic E-state index is -1.89. The SMILES string of the molecule is NCc1cccc(CC(=O)N[C@@H](Cc2cccc(C(=O)O)c2O)B(O)O)c1. The second-order valence-corrected chi connectivity index (χ2v) is 6.11. The molecule has 0 aliphatic carbocycles. The lowest BCUT2D eigenvalue weighted by Crippen LogP contribution is -2.48. The van der Waals surface area contributed by atoms with Gasteiger partial charge in [-0.25, -0.2) is 4.79 Å². The maximum absolute atomic E-state index is 12.3. The Kier molecular flexibility index (Phi) is 6.94. The predicted octanol–water partition coefficient (Wildman–Crippen LogP) is -0.169. The molecule has 142 valence electrons. The first kappa shape index (κ1) is 20.4. The Hall–Kier alpha value is -2.88. The molecule has 0 unspecified atom stereocenters. The summed E-state index contributed by atoms with van der Waals surface area (Å²) in [6.45, 7) is 0.340. The minimum absolute atomic E-state index is 0.0121. The van der Waals surface area contributed by atoms with Crippen molar-refractivity contribution < 1.29 is 29.9 Å². The highest BCUT2D eigenvalue weighted by Gasteiger charge is 2.27. The summed E-state index contributed by atoms with van der Waals surface area (Å²) in [7, 11) is -1.89. The molecule has 0 saturated carbocycles.